The number of rotatable bonds is 4. The smallest absolute Gasteiger partial charge is 0.173 e. The number of benzene rings is 1. The molecule has 0 atom stereocenters. The van der Waals surface area contributed by atoms with Crippen LogP contribution in [0, 0.1) is 0 Å². The van der Waals surface area contributed by atoms with Crippen LogP contribution in [0.25, 0.3) is 0 Å². The van der Waals surface area contributed by atoms with Crippen molar-refractivity contribution >= 4 is 23.0 Å². The monoisotopic (exact) mass is 224 g/mol. The van der Waals surface area contributed by atoms with E-state index in [-0.39, 0.29) is 0 Å². The van der Waals surface area contributed by atoms with Gasteiger partial charge in [-0.25, -0.2) is 0 Å². The van der Waals surface area contributed by atoms with Crippen molar-refractivity contribution < 1.29 is 4.74 Å². The Kier molecular flexibility index (Phi) is 5.07. The highest BCUT2D eigenvalue weighted by molar-refractivity contribution is 7.80. The quantitative estimate of drug-likeness (QED) is 0.790. The highest BCUT2D eigenvalue weighted by Gasteiger charge is 2.03. The molecule has 0 saturated carbocycles. The van der Waals surface area contributed by atoms with Crippen molar-refractivity contribution in [3.05, 3.63) is 30.3 Å². The summed E-state index contributed by atoms with van der Waals surface area (Å²) in [5.74, 6) is 0. The van der Waals surface area contributed by atoms with Crippen LogP contribution in [0.4, 0.5) is 5.69 Å². The summed E-state index contributed by atoms with van der Waals surface area (Å²) >= 11 is 5.23. The molecule has 1 N–H and O–H groups in total. The first-order valence-corrected chi connectivity index (χ1v) is 5.21. The zero-order chi connectivity index (χ0) is 11.1. The lowest BCUT2D eigenvalue weighted by Gasteiger charge is -2.20. The summed E-state index contributed by atoms with van der Waals surface area (Å²) in [4.78, 5) is 1.95. The Balaban J connectivity index is 2.42. The third-order valence-corrected chi connectivity index (χ3v) is 2.42. The van der Waals surface area contributed by atoms with Crippen molar-refractivity contribution in [1.29, 1.82) is 0 Å². The molecule has 15 heavy (non-hydrogen) atoms. The van der Waals surface area contributed by atoms with E-state index >= 15 is 0 Å². The normalized spacial score (nSPS) is 9.73. The predicted molar refractivity (Wildman–Crippen MR) is 67.2 cm³/mol. The van der Waals surface area contributed by atoms with Crippen LogP contribution in [0.1, 0.15) is 0 Å². The van der Waals surface area contributed by atoms with E-state index < -0.39 is 0 Å². The fourth-order valence-corrected chi connectivity index (χ4v) is 1.28. The summed E-state index contributed by atoms with van der Waals surface area (Å²) in [6.45, 7) is 1.46. The molecule has 0 amide bonds. The number of methoxy groups -OCH3 is 1. The lowest BCUT2D eigenvalue weighted by Crippen LogP contribution is -2.33. The molecule has 0 radical (unpaired) electrons. The largest absolute Gasteiger partial charge is 0.383 e. The Morgan fingerprint density at radius 2 is 2.07 bits per heavy atom. The first-order valence-electron chi connectivity index (χ1n) is 4.80. The number of hydrogen-bond donors (Lipinski definition) is 1. The fourth-order valence-electron chi connectivity index (χ4n) is 1.07. The third-order valence-electron chi connectivity index (χ3n) is 2.00. The zero-order valence-corrected chi connectivity index (χ0v) is 9.88. The number of likely N-dealkylation sites (N-methyl/N-ethyl adjacent to an activating group) is 1. The summed E-state index contributed by atoms with van der Waals surface area (Å²) in [6.07, 6.45) is 0. The number of ether oxygens (including phenoxy) is 1. The SMILES string of the molecule is COCCN(C)C(=S)Nc1ccccc1. The van der Waals surface area contributed by atoms with Crippen molar-refractivity contribution in [2.75, 3.05) is 32.6 Å². The first kappa shape index (κ1) is 11.9. The lowest BCUT2D eigenvalue weighted by molar-refractivity contribution is 0.183. The van der Waals surface area contributed by atoms with Crippen molar-refractivity contribution in [3.63, 3.8) is 0 Å². The van der Waals surface area contributed by atoms with E-state index in [0.717, 1.165) is 12.2 Å². The third kappa shape index (κ3) is 4.27. The molecule has 0 aromatic heterocycles. The van der Waals surface area contributed by atoms with Crippen molar-refractivity contribution in [2.45, 2.75) is 0 Å². The molecule has 1 rings (SSSR count). The summed E-state index contributed by atoms with van der Waals surface area (Å²) in [5, 5.41) is 3.86. The molecule has 0 aliphatic heterocycles. The molecule has 0 aliphatic carbocycles. The van der Waals surface area contributed by atoms with Gasteiger partial charge in [0.25, 0.3) is 0 Å². The van der Waals surface area contributed by atoms with E-state index in [0.29, 0.717) is 11.7 Å². The summed E-state index contributed by atoms with van der Waals surface area (Å²) < 4.78 is 4.98. The van der Waals surface area contributed by atoms with E-state index in [1.54, 1.807) is 7.11 Å². The van der Waals surface area contributed by atoms with Crippen LogP contribution in [0.2, 0.25) is 0 Å². The van der Waals surface area contributed by atoms with Crippen LogP contribution in [0.15, 0.2) is 30.3 Å². The lowest BCUT2D eigenvalue weighted by atomic mass is 10.3. The van der Waals surface area contributed by atoms with Crippen molar-refractivity contribution in [2.24, 2.45) is 0 Å². The Hall–Kier alpha value is -1.13. The molecular weight excluding hydrogens is 208 g/mol. The van der Waals surface area contributed by atoms with Gasteiger partial charge in [-0.05, 0) is 24.4 Å². The molecule has 1 aromatic rings. The van der Waals surface area contributed by atoms with Gasteiger partial charge < -0.3 is 15.0 Å². The Morgan fingerprint density at radius 1 is 1.40 bits per heavy atom. The Bertz CT molecular complexity index is 303. The van der Waals surface area contributed by atoms with E-state index in [1.165, 1.54) is 0 Å². The van der Waals surface area contributed by atoms with Gasteiger partial charge >= 0.3 is 0 Å². The first-order chi connectivity index (χ1) is 7.24. The molecule has 0 saturated heterocycles. The molecule has 1 aromatic carbocycles. The average Bonchev–Trinajstić information content (AvgIpc) is 2.27. The number of hydrogen-bond acceptors (Lipinski definition) is 2. The van der Waals surface area contributed by atoms with Gasteiger partial charge in [0.2, 0.25) is 0 Å². The van der Waals surface area contributed by atoms with Crippen LogP contribution in [-0.2, 0) is 4.74 Å². The number of para-hydroxylation sites is 1. The Morgan fingerprint density at radius 3 is 2.67 bits per heavy atom. The second-order valence-corrected chi connectivity index (χ2v) is 3.60. The van der Waals surface area contributed by atoms with E-state index in [4.69, 9.17) is 17.0 Å². The highest BCUT2D eigenvalue weighted by atomic mass is 32.1. The second-order valence-electron chi connectivity index (χ2n) is 3.21. The van der Waals surface area contributed by atoms with Gasteiger partial charge in [-0.1, -0.05) is 18.2 Å². The molecule has 0 heterocycles. The van der Waals surface area contributed by atoms with Gasteiger partial charge in [-0.15, -0.1) is 0 Å². The minimum Gasteiger partial charge on any atom is -0.383 e. The number of anilines is 1. The maximum Gasteiger partial charge on any atom is 0.173 e. The van der Waals surface area contributed by atoms with Crippen LogP contribution >= 0.6 is 12.2 Å². The molecule has 4 heteroatoms. The molecule has 0 unspecified atom stereocenters. The molecule has 0 spiro atoms. The average molecular weight is 224 g/mol. The maximum atomic E-state index is 5.23. The number of nitrogens with one attached hydrogen (secondary N) is 1. The predicted octanol–water partition coefficient (Wildman–Crippen LogP) is 1.96. The standard InChI is InChI=1S/C11H16N2OS/c1-13(8-9-14-2)11(15)12-10-6-4-3-5-7-10/h3-7H,8-9H2,1-2H3,(H,12,15). The van der Waals surface area contributed by atoms with Gasteiger partial charge in [-0.2, -0.15) is 0 Å². The van der Waals surface area contributed by atoms with Gasteiger partial charge in [0.1, 0.15) is 0 Å². The fraction of sp³-hybridized carbons (Fsp3) is 0.364. The Labute approximate surface area is 96.0 Å². The van der Waals surface area contributed by atoms with Crippen LogP contribution in [-0.4, -0.2) is 37.3 Å². The molecule has 82 valence electrons. The van der Waals surface area contributed by atoms with E-state index in [2.05, 4.69) is 5.32 Å². The van der Waals surface area contributed by atoms with Crippen molar-refractivity contribution in [3.8, 4) is 0 Å². The summed E-state index contributed by atoms with van der Waals surface area (Å²) in [5.41, 5.74) is 1.01. The topological polar surface area (TPSA) is 24.5 Å². The van der Waals surface area contributed by atoms with Gasteiger partial charge in [0.15, 0.2) is 5.11 Å². The molecule has 0 bridgehead atoms. The maximum absolute atomic E-state index is 5.23. The minimum absolute atomic E-state index is 0.674. The van der Waals surface area contributed by atoms with E-state index in [9.17, 15) is 0 Å². The number of thiocarbonyl (C=S) groups is 1. The molecular formula is C11H16N2OS. The number of nitrogens with zero attached hydrogens (tertiary/aromatic N) is 1. The summed E-state index contributed by atoms with van der Waals surface area (Å²) in [6, 6.07) is 9.88. The molecule has 0 aliphatic rings. The zero-order valence-electron chi connectivity index (χ0n) is 9.06. The van der Waals surface area contributed by atoms with Crippen LogP contribution < -0.4 is 5.32 Å². The minimum atomic E-state index is 0.674. The second kappa shape index (κ2) is 6.37. The molecule has 0 fully saturated rings. The van der Waals surface area contributed by atoms with Crippen molar-refractivity contribution in [1.82, 2.24) is 4.90 Å². The summed E-state index contributed by atoms with van der Waals surface area (Å²) in [7, 11) is 3.62. The van der Waals surface area contributed by atoms with Crippen LogP contribution in [0.5, 0.6) is 0 Å². The highest BCUT2D eigenvalue weighted by Crippen LogP contribution is 2.05. The van der Waals surface area contributed by atoms with Crippen LogP contribution in [0.3, 0.4) is 0 Å². The van der Waals surface area contributed by atoms with E-state index in [1.807, 2.05) is 42.3 Å². The van der Waals surface area contributed by atoms with Gasteiger partial charge in [0, 0.05) is 26.4 Å². The van der Waals surface area contributed by atoms with Gasteiger partial charge in [-0.3, -0.25) is 0 Å². The van der Waals surface area contributed by atoms with Gasteiger partial charge in [0.05, 0.1) is 6.61 Å². The molecule has 3 nitrogen and oxygen atoms in total.